The van der Waals surface area contributed by atoms with Crippen LogP contribution in [0.3, 0.4) is 0 Å². The lowest BCUT2D eigenvalue weighted by Crippen LogP contribution is -2.42. The van der Waals surface area contributed by atoms with Crippen molar-refractivity contribution in [3.05, 3.63) is 0 Å². The van der Waals surface area contributed by atoms with E-state index in [4.69, 9.17) is 5.11 Å². The van der Waals surface area contributed by atoms with Gasteiger partial charge in [0, 0.05) is 13.2 Å². The molecule has 0 aliphatic heterocycles. The number of aliphatic hydroxyl groups excluding tert-OH is 1. The highest BCUT2D eigenvalue weighted by Crippen LogP contribution is 2.34. The van der Waals surface area contributed by atoms with E-state index in [1.165, 1.54) is 10.8 Å². The van der Waals surface area contributed by atoms with E-state index in [9.17, 15) is 4.79 Å². The molecular weight excluding hydrogens is 264 g/mol. The Balaban J connectivity index is 3.91. The molecule has 0 rings (SSSR count). The molecule has 1 atom stereocenters. The largest absolute Gasteiger partial charge is 0.396 e. The molecule has 0 fully saturated rings. The molecule has 0 heterocycles. The van der Waals surface area contributed by atoms with Crippen molar-refractivity contribution in [3.8, 4) is 0 Å². The minimum Gasteiger partial charge on any atom is -0.396 e. The van der Waals surface area contributed by atoms with Gasteiger partial charge in [-0.05, 0) is 35.5 Å². The van der Waals surface area contributed by atoms with Crippen molar-refractivity contribution in [1.82, 2.24) is 10.6 Å². The van der Waals surface area contributed by atoms with Gasteiger partial charge in [0.1, 0.15) is 5.37 Å². The molecule has 1 amide bonds. The minimum atomic E-state index is -0.240. The summed E-state index contributed by atoms with van der Waals surface area (Å²) in [7, 11) is 4.71. The summed E-state index contributed by atoms with van der Waals surface area (Å²) in [6, 6.07) is 0. The van der Waals surface area contributed by atoms with E-state index in [0.29, 0.717) is 19.5 Å². The molecular formula is C9H20N2O2S3. The van der Waals surface area contributed by atoms with Gasteiger partial charge in [-0.1, -0.05) is 28.5 Å². The van der Waals surface area contributed by atoms with Crippen molar-refractivity contribution in [3.63, 3.8) is 0 Å². The second kappa shape index (κ2) is 11.9. The first-order chi connectivity index (χ1) is 7.76. The molecule has 96 valence electrons. The van der Waals surface area contributed by atoms with Crippen LogP contribution < -0.4 is 10.6 Å². The van der Waals surface area contributed by atoms with Gasteiger partial charge in [-0.2, -0.15) is 0 Å². The van der Waals surface area contributed by atoms with Gasteiger partial charge >= 0.3 is 0 Å². The zero-order chi connectivity index (χ0) is 12.2. The lowest BCUT2D eigenvalue weighted by atomic mass is 10.4. The molecule has 0 aliphatic rings. The summed E-state index contributed by atoms with van der Waals surface area (Å²) in [6.45, 7) is 3.54. The molecule has 7 heteroatoms. The molecule has 0 radical (unpaired) electrons. The third-order valence-corrected chi connectivity index (χ3v) is 5.60. The monoisotopic (exact) mass is 284 g/mol. The predicted octanol–water partition coefficient (Wildman–Crippen LogP) is 1.47. The third kappa shape index (κ3) is 8.58. The Labute approximate surface area is 109 Å². The van der Waals surface area contributed by atoms with Crippen molar-refractivity contribution in [2.24, 2.45) is 0 Å². The van der Waals surface area contributed by atoms with Crippen LogP contribution in [0.15, 0.2) is 0 Å². The highest BCUT2D eigenvalue weighted by atomic mass is 33.5. The maximum atomic E-state index is 11.7. The Morgan fingerprint density at radius 2 is 2.19 bits per heavy atom. The van der Waals surface area contributed by atoms with E-state index in [1.807, 2.05) is 13.2 Å². The topological polar surface area (TPSA) is 61.4 Å². The SMILES string of the molecule is CCCNC(=O)C(NCCCO)SSSC. The normalized spacial score (nSPS) is 12.4. The fourth-order valence-corrected chi connectivity index (χ4v) is 3.77. The average Bonchev–Trinajstić information content (AvgIpc) is 2.30. The molecule has 0 aromatic rings. The fraction of sp³-hybridized carbons (Fsp3) is 0.889. The van der Waals surface area contributed by atoms with Crippen molar-refractivity contribution < 1.29 is 9.90 Å². The van der Waals surface area contributed by atoms with Crippen LogP contribution in [0.2, 0.25) is 0 Å². The Bertz CT molecular complexity index is 184. The molecule has 3 N–H and O–H groups in total. The lowest BCUT2D eigenvalue weighted by molar-refractivity contribution is -0.121. The number of hydrogen-bond acceptors (Lipinski definition) is 6. The molecule has 0 aliphatic carbocycles. The van der Waals surface area contributed by atoms with Gasteiger partial charge in [0.15, 0.2) is 0 Å². The first kappa shape index (κ1) is 16.4. The standard InChI is InChI=1S/C9H20N2O2S3/c1-3-5-10-8(13)9(15-16-14-2)11-6-4-7-12/h9,11-12H,3-7H2,1-2H3,(H,10,13). The van der Waals surface area contributed by atoms with E-state index in [-0.39, 0.29) is 17.9 Å². The fourth-order valence-electron chi connectivity index (χ4n) is 0.902. The minimum absolute atomic E-state index is 0.0198. The molecule has 0 bridgehead atoms. The second-order valence-corrected chi connectivity index (χ2v) is 7.38. The van der Waals surface area contributed by atoms with E-state index in [1.54, 1.807) is 20.6 Å². The van der Waals surface area contributed by atoms with Crippen LogP contribution in [0.4, 0.5) is 0 Å². The Morgan fingerprint density at radius 3 is 2.75 bits per heavy atom. The number of nitrogens with one attached hydrogen (secondary N) is 2. The van der Waals surface area contributed by atoms with E-state index in [0.717, 1.165) is 6.42 Å². The summed E-state index contributed by atoms with van der Waals surface area (Å²) in [6.07, 6.45) is 3.59. The van der Waals surface area contributed by atoms with Crippen LogP contribution in [-0.4, -0.2) is 42.3 Å². The molecule has 0 saturated heterocycles. The Morgan fingerprint density at radius 1 is 1.44 bits per heavy atom. The molecule has 1 unspecified atom stereocenters. The van der Waals surface area contributed by atoms with E-state index in [2.05, 4.69) is 10.6 Å². The van der Waals surface area contributed by atoms with Crippen LogP contribution in [0.5, 0.6) is 0 Å². The molecule has 0 spiro atoms. The summed E-state index contributed by atoms with van der Waals surface area (Å²) in [5.41, 5.74) is 0. The first-order valence-electron chi connectivity index (χ1n) is 5.24. The van der Waals surface area contributed by atoms with E-state index < -0.39 is 0 Å². The summed E-state index contributed by atoms with van der Waals surface area (Å²) in [5.74, 6) is 0.0198. The van der Waals surface area contributed by atoms with Gasteiger partial charge in [-0.25, -0.2) is 0 Å². The molecule has 4 nitrogen and oxygen atoms in total. The van der Waals surface area contributed by atoms with Crippen molar-refractivity contribution in [2.45, 2.75) is 25.1 Å². The van der Waals surface area contributed by atoms with Gasteiger partial charge in [-0.3, -0.25) is 10.1 Å². The van der Waals surface area contributed by atoms with Gasteiger partial charge in [-0.15, -0.1) is 0 Å². The maximum absolute atomic E-state index is 11.7. The number of carbonyl (C=O) groups excluding carboxylic acids is 1. The van der Waals surface area contributed by atoms with Crippen molar-refractivity contribution in [1.29, 1.82) is 0 Å². The van der Waals surface area contributed by atoms with Gasteiger partial charge in [0.05, 0.1) is 0 Å². The highest BCUT2D eigenvalue weighted by Gasteiger charge is 2.17. The summed E-state index contributed by atoms with van der Waals surface area (Å²) < 4.78 is 0. The summed E-state index contributed by atoms with van der Waals surface area (Å²) in [5, 5.41) is 14.4. The second-order valence-electron chi connectivity index (χ2n) is 3.03. The number of hydrogen-bond donors (Lipinski definition) is 3. The molecule has 0 aromatic heterocycles. The van der Waals surface area contributed by atoms with Crippen molar-refractivity contribution >= 4 is 37.3 Å². The van der Waals surface area contributed by atoms with Crippen LogP contribution in [0, 0.1) is 0 Å². The van der Waals surface area contributed by atoms with Crippen molar-refractivity contribution in [2.75, 3.05) is 26.0 Å². The van der Waals surface area contributed by atoms with Gasteiger partial charge < -0.3 is 10.4 Å². The molecule has 16 heavy (non-hydrogen) atoms. The maximum Gasteiger partial charge on any atom is 0.248 e. The zero-order valence-electron chi connectivity index (χ0n) is 9.69. The Hall–Kier alpha value is 0.440. The summed E-state index contributed by atoms with van der Waals surface area (Å²) >= 11 is 0. The highest BCUT2D eigenvalue weighted by molar-refractivity contribution is 9.09. The van der Waals surface area contributed by atoms with Crippen LogP contribution in [0.25, 0.3) is 0 Å². The lowest BCUT2D eigenvalue weighted by Gasteiger charge is -2.16. The number of rotatable bonds is 10. The quantitative estimate of drug-likeness (QED) is 0.321. The smallest absolute Gasteiger partial charge is 0.248 e. The number of aliphatic hydroxyl groups is 1. The molecule has 0 aromatic carbocycles. The van der Waals surface area contributed by atoms with Gasteiger partial charge in [0.25, 0.3) is 0 Å². The summed E-state index contributed by atoms with van der Waals surface area (Å²) in [4.78, 5) is 11.7. The van der Waals surface area contributed by atoms with E-state index >= 15 is 0 Å². The third-order valence-electron chi connectivity index (χ3n) is 1.66. The predicted molar refractivity (Wildman–Crippen MR) is 75.5 cm³/mol. The molecule has 0 saturated carbocycles. The average molecular weight is 284 g/mol. The van der Waals surface area contributed by atoms with Crippen LogP contribution in [0.1, 0.15) is 19.8 Å². The van der Waals surface area contributed by atoms with Crippen LogP contribution >= 0.6 is 31.4 Å². The zero-order valence-corrected chi connectivity index (χ0v) is 12.1. The number of amides is 1. The number of carbonyl (C=O) groups is 1. The Kier molecular flexibility index (Phi) is 12.2. The first-order valence-corrected chi connectivity index (χ1v) is 9.19. The van der Waals surface area contributed by atoms with Crippen LogP contribution in [-0.2, 0) is 4.79 Å². The van der Waals surface area contributed by atoms with Gasteiger partial charge in [0.2, 0.25) is 5.91 Å².